The summed E-state index contributed by atoms with van der Waals surface area (Å²) in [7, 11) is 0. The molecule has 0 fully saturated rings. The Hall–Kier alpha value is -3.35. The van der Waals surface area contributed by atoms with E-state index in [-0.39, 0.29) is 6.61 Å². The first-order chi connectivity index (χ1) is 15.3. The largest absolute Gasteiger partial charge is 0.488 e. The van der Waals surface area contributed by atoms with Crippen LogP contribution in [-0.2, 0) is 16.2 Å². The van der Waals surface area contributed by atoms with Gasteiger partial charge in [0, 0.05) is 26.9 Å². The Kier molecular flexibility index (Phi) is 7.87. The molecule has 3 aromatic carbocycles. The van der Waals surface area contributed by atoms with Crippen molar-refractivity contribution >= 4 is 46.9 Å². The standard InChI is InChI=1S/C24H21Cl2N3O3/c1-15-6-5-7-16(2)22(15)28-23(30)24(31)29-27-13-17-8-3-4-9-21(17)32-14-18-10-11-19(25)12-20(18)26/h3-13H,14H2,1-2H3,(H,28,30)(H,29,31)/b27-13-. The maximum Gasteiger partial charge on any atom is 0.329 e. The number of anilines is 1. The lowest BCUT2D eigenvalue weighted by molar-refractivity contribution is -0.136. The van der Waals surface area contributed by atoms with E-state index in [1.165, 1.54) is 6.21 Å². The Balaban J connectivity index is 1.61. The minimum atomic E-state index is -0.879. The first-order valence-electron chi connectivity index (χ1n) is 9.71. The van der Waals surface area contributed by atoms with Crippen molar-refractivity contribution in [1.82, 2.24) is 5.43 Å². The zero-order valence-electron chi connectivity index (χ0n) is 17.5. The van der Waals surface area contributed by atoms with E-state index in [4.69, 9.17) is 27.9 Å². The smallest absolute Gasteiger partial charge is 0.329 e. The summed E-state index contributed by atoms with van der Waals surface area (Å²) in [5, 5.41) is 7.55. The quantitative estimate of drug-likeness (QED) is 0.292. The average molecular weight is 470 g/mol. The molecule has 0 unspecified atom stereocenters. The summed E-state index contributed by atoms with van der Waals surface area (Å²) in [5.74, 6) is -1.15. The molecule has 0 spiro atoms. The van der Waals surface area contributed by atoms with E-state index in [1.54, 1.807) is 36.4 Å². The summed E-state index contributed by atoms with van der Waals surface area (Å²) in [6, 6.07) is 17.9. The third-order valence-electron chi connectivity index (χ3n) is 4.61. The summed E-state index contributed by atoms with van der Waals surface area (Å²) in [6.07, 6.45) is 1.41. The lowest BCUT2D eigenvalue weighted by atomic mass is 10.1. The van der Waals surface area contributed by atoms with E-state index in [1.807, 2.05) is 38.1 Å². The third-order valence-corrected chi connectivity index (χ3v) is 5.20. The molecule has 2 amide bonds. The molecule has 0 saturated carbocycles. The van der Waals surface area contributed by atoms with Crippen LogP contribution in [0.4, 0.5) is 5.69 Å². The highest BCUT2D eigenvalue weighted by atomic mass is 35.5. The average Bonchev–Trinajstić information content (AvgIpc) is 2.76. The summed E-state index contributed by atoms with van der Waals surface area (Å²) in [4.78, 5) is 24.3. The fraction of sp³-hybridized carbons (Fsp3) is 0.125. The number of nitrogens with one attached hydrogen (secondary N) is 2. The van der Waals surface area contributed by atoms with Gasteiger partial charge in [0.15, 0.2) is 0 Å². The lowest BCUT2D eigenvalue weighted by Gasteiger charge is -2.11. The van der Waals surface area contributed by atoms with Gasteiger partial charge in [-0.15, -0.1) is 0 Å². The molecular weight excluding hydrogens is 449 g/mol. The first kappa shape index (κ1) is 23.3. The van der Waals surface area contributed by atoms with Crippen LogP contribution in [0.3, 0.4) is 0 Å². The number of hydrazone groups is 1. The molecule has 0 radical (unpaired) electrons. The Morgan fingerprint density at radius 3 is 2.41 bits per heavy atom. The van der Waals surface area contributed by atoms with Crippen LogP contribution in [0.2, 0.25) is 10.0 Å². The molecule has 0 aliphatic rings. The Morgan fingerprint density at radius 1 is 0.969 bits per heavy atom. The highest BCUT2D eigenvalue weighted by Crippen LogP contribution is 2.24. The number of amides is 2. The van der Waals surface area contributed by atoms with Crippen molar-refractivity contribution in [2.45, 2.75) is 20.5 Å². The molecule has 32 heavy (non-hydrogen) atoms. The van der Waals surface area contributed by atoms with Crippen molar-refractivity contribution in [3.8, 4) is 5.75 Å². The van der Waals surface area contributed by atoms with Crippen LogP contribution in [0.1, 0.15) is 22.3 Å². The van der Waals surface area contributed by atoms with Gasteiger partial charge in [-0.2, -0.15) is 5.10 Å². The predicted molar refractivity (Wildman–Crippen MR) is 128 cm³/mol. The number of hydrogen-bond acceptors (Lipinski definition) is 4. The van der Waals surface area contributed by atoms with Crippen LogP contribution in [0.25, 0.3) is 0 Å². The van der Waals surface area contributed by atoms with Crippen molar-refractivity contribution in [2.24, 2.45) is 5.10 Å². The molecular formula is C24H21Cl2N3O3. The van der Waals surface area contributed by atoms with Gasteiger partial charge < -0.3 is 10.1 Å². The number of nitrogens with zero attached hydrogens (tertiary/aromatic N) is 1. The maximum absolute atomic E-state index is 12.2. The molecule has 0 aromatic heterocycles. The van der Waals surface area contributed by atoms with Gasteiger partial charge in [-0.3, -0.25) is 9.59 Å². The molecule has 164 valence electrons. The number of para-hydroxylation sites is 2. The predicted octanol–water partition coefficient (Wildman–Crippen LogP) is 5.28. The first-order valence-corrected chi connectivity index (χ1v) is 10.5. The zero-order valence-corrected chi connectivity index (χ0v) is 19.0. The minimum absolute atomic E-state index is 0.228. The van der Waals surface area contributed by atoms with Gasteiger partial charge in [-0.25, -0.2) is 5.43 Å². The summed E-state index contributed by atoms with van der Waals surface area (Å²) in [6.45, 7) is 3.94. The molecule has 3 rings (SSSR count). The molecule has 6 nitrogen and oxygen atoms in total. The van der Waals surface area contributed by atoms with Crippen LogP contribution < -0.4 is 15.5 Å². The SMILES string of the molecule is Cc1cccc(C)c1NC(=O)C(=O)N/N=C\c1ccccc1OCc1ccc(Cl)cc1Cl. The fourth-order valence-electron chi connectivity index (χ4n) is 2.91. The van der Waals surface area contributed by atoms with Gasteiger partial charge in [-0.1, -0.05) is 59.6 Å². The zero-order chi connectivity index (χ0) is 23.1. The van der Waals surface area contributed by atoms with E-state index in [0.29, 0.717) is 27.0 Å². The van der Waals surface area contributed by atoms with Gasteiger partial charge >= 0.3 is 11.8 Å². The minimum Gasteiger partial charge on any atom is -0.488 e. The van der Waals surface area contributed by atoms with Gasteiger partial charge in [0.2, 0.25) is 0 Å². The number of rotatable bonds is 6. The van der Waals surface area contributed by atoms with Crippen molar-refractivity contribution in [1.29, 1.82) is 0 Å². The Morgan fingerprint density at radius 2 is 1.69 bits per heavy atom. The molecule has 3 aromatic rings. The second kappa shape index (κ2) is 10.8. The Labute approximate surface area is 196 Å². The molecule has 0 aliphatic heterocycles. The summed E-state index contributed by atoms with van der Waals surface area (Å²) >= 11 is 12.1. The van der Waals surface area contributed by atoms with Crippen molar-refractivity contribution in [2.75, 3.05) is 5.32 Å². The normalized spacial score (nSPS) is 10.8. The molecule has 0 aliphatic carbocycles. The van der Waals surface area contributed by atoms with Gasteiger partial charge in [0.25, 0.3) is 0 Å². The maximum atomic E-state index is 12.2. The third kappa shape index (κ3) is 6.09. The van der Waals surface area contributed by atoms with Gasteiger partial charge in [0.1, 0.15) is 12.4 Å². The Bertz CT molecular complexity index is 1160. The number of aryl methyl sites for hydroxylation is 2. The topological polar surface area (TPSA) is 79.8 Å². The number of carbonyl (C=O) groups is 2. The van der Waals surface area contributed by atoms with Crippen LogP contribution in [0, 0.1) is 13.8 Å². The van der Waals surface area contributed by atoms with E-state index in [2.05, 4.69) is 15.8 Å². The van der Waals surface area contributed by atoms with Crippen LogP contribution >= 0.6 is 23.2 Å². The van der Waals surface area contributed by atoms with Crippen LogP contribution in [0.5, 0.6) is 5.75 Å². The van der Waals surface area contributed by atoms with Crippen molar-refractivity contribution in [3.05, 3.63) is 93.0 Å². The molecule has 8 heteroatoms. The van der Waals surface area contributed by atoms with E-state index in [9.17, 15) is 9.59 Å². The second-order valence-corrected chi connectivity index (χ2v) is 7.83. The van der Waals surface area contributed by atoms with Crippen molar-refractivity contribution < 1.29 is 14.3 Å². The lowest BCUT2D eigenvalue weighted by Crippen LogP contribution is -2.32. The molecule has 0 heterocycles. The van der Waals surface area contributed by atoms with E-state index < -0.39 is 11.8 Å². The monoisotopic (exact) mass is 469 g/mol. The fourth-order valence-corrected chi connectivity index (χ4v) is 3.37. The second-order valence-electron chi connectivity index (χ2n) is 6.98. The molecule has 0 bridgehead atoms. The molecule has 0 atom stereocenters. The van der Waals surface area contributed by atoms with Crippen LogP contribution in [0.15, 0.2) is 65.8 Å². The molecule has 0 saturated heterocycles. The van der Waals surface area contributed by atoms with Gasteiger partial charge in [-0.05, 0) is 49.2 Å². The van der Waals surface area contributed by atoms with E-state index in [0.717, 1.165) is 16.7 Å². The number of carbonyl (C=O) groups excluding carboxylic acids is 2. The highest BCUT2D eigenvalue weighted by Gasteiger charge is 2.15. The number of halogens is 2. The van der Waals surface area contributed by atoms with E-state index >= 15 is 0 Å². The van der Waals surface area contributed by atoms with Crippen molar-refractivity contribution in [3.63, 3.8) is 0 Å². The number of benzene rings is 3. The summed E-state index contributed by atoms with van der Waals surface area (Å²) in [5.41, 5.74) is 5.96. The number of hydrogen-bond donors (Lipinski definition) is 2. The highest BCUT2D eigenvalue weighted by molar-refractivity contribution is 6.39. The number of ether oxygens (including phenoxy) is 1. The van der Waals surface area contributed by atoms with Gasteiger partial charge in [0.05, 0.1) is 6.21 Å². The summed E-state index contributed by atoms with van der Waals surface area (Å²) < 4.78 is 5.84. The molecule has 2 N–H and O–H groups in total. The van der Waals surface area contributed by atoms with Crippen LogP contribution in [-0.4, -0.2) is 18.0 Å².